The van der Waals surface area contributed by atoms with Gasteiger partial charge in [-0.1, -0.05) is 27.7 Å². The van der Waals surface area contributed by atoms with E-state index in [9.17, 15) is 0 Å². The standard InChI is InChI=1S/C14H23N7/c1-10(2)14(3,4)9-16-12-18-11(15-5)19-13(20-12)21-8-6-7-17-21/h6-8,10H,9H2,1-5H3,(H2,15,16,18,19,20). The number of nitrogens with zero attached hydrogens (tertiary/aromatic N) is 5. The Labute approximate surface area is 125 Å². The number of anilines is 2. The van der Waals surface area contributed by atoms with Crippen molar-refractivity contribution < 1.29 is 0 Å². The third kappa shape index (κ3) is 3.68. The summed E-state index contributed by atoms with van der Waals surface area (Å²) in [5.41, 5.74) is 0.151. The minimum absolute atomic E-state index is 0.151. The molecule has 21 heavy (non-hydrogen) atoms. The molecule has 0 aliphatic rings. The largest absolute Gasteiger partial charge is 0.357 e. The van der Waals surface area contributed by atoms with Crippen LogP contribution in [-0.2, 0) is 0 Å². The molecule has 0 amide bonds. The number of rotatable bonds is 6. The van der Waals surface area contributed by atoms with Gasteiger partial charge in [0.25, 0.3) is 5.95 Å². The molecule has 2 heterocycles. The highest BCUT2D eigenvalue weighted by Crippen LogP contribution is 2.26. The Hall–Kier alpha value is -2.18. The van der Waals surface area contributed by atoms with Crippen molar-refractivity contribution in [1.82, 2.24) is 24.7 Å². The first-order valence-electron chi connectivity index (χ1n) is 7.10. The molecule has 2 aromatic rings. The van der Waals surface area contributed by atoms with Gasteiger partial charge in [0.05, 0.1) is 0 Å². The molecular formula is C14H23N7. The first-order valence-corrected chi connectivity index (χ1v) is 7.10. The maximum atomic E-state index is 4.41. The van der Waals surface area contributed by atoms with E-state index >= 15 is 0 Å². The molecule has 0 bridgehead atoms. The van der Waals surface area contributed by atoms with Crippen LogP contribution in [0.4, 0.5) is 11.9 Å². The second kappa shape index (κ2) is 6.07. The lowest BCUT2D eigenvalue weighted by Crippen LogP contribution is -2.29. The molecule has 0 saturated heterocycles. The molecule has 0 unspecified atom stereocenters. The van der Waals surface area contributed by atoms with Crippen LogP contribution in [0.2, 0.25) is 0 Å². The summed E-state index contributed by atoms with van der Waals surface area (Å²) in [7, 11) is 1.78. The van der Waals surface area contributed by atoms with Crippen LogP contribution in [0.15, 0.2) is 18.5 Å². The number of aromatic nitrogens is 5. The minimum atomic E-state index is 0.151. The average molecular weight is 289 g/mol. The molecule has 2 rings (SSSR count). The van der Waals surface area contributed by atoms with Gasteiger partial charge in [-0.15, -0.1) is 0 Å². The number of hydrogen-bond acceptors (Lipinski definition) is 6. The fourth-order valence-electron chi connectivity index (χ4n) is 1.56. The summed E-state index contributed by atoms with van der Waals surface area (Å²) < 4.78 is 1.61. The van der Waals surface area contributed by atoms with Crippen LogP contribution in [0, 0.1) is 11.3 Å². The molecule has 0 aliphatic heterocycles. The van der Waals surface area contributed by atoms with E-state index in [1.807, 2.05) is 6.07 Å². The monoisotopic (exact) mass is 289 g/mol. The van der Waals surface area contributed by atoms with E-state index in [1.54, 1.807) is 24.1 Å². The van der Waals surface area contributed by atoms with Crippen molar-refractivity contribution >= 4 is 11.9 Å². The van der Waals surface area contributed by atoms with Crippen LogP contribution in [0.25, 0.3) is 5.95 Å². The second-order valence-corrected chi connectivity index (χ2v) is 5.98. The highest BCUT2D eigenvalue weighted by molar-refractivity contribution is 5.37. The van der Waals surface area contributed by atoms with E-state index in [1.165, 1.54) is 0 Å². The lowest BCUT2D eigenvalue weighted by Gasteiger charge is -2.29. The smallest absolute Gasteiger partial charge is 0.257 e. The molecule has 2 N–H and O–H groups in total. The maximum absolute atomic E-state index is 4.41. The summed E-state index contributed by atoms with van der Waals surface area (Å²) in [6, 6.07) is 1.83. The average Bonchev–Trinajstić information content (AvgIpc) is 2.99. The summed E-state index contributed by atoms with van der Waals surface area (Å²) >= 11 is 0. The van der Waals surface area contributed by atoms with Crippen molar-refractivity contribution in [3.05, 3.63) is 18.5 Å². The normalized spacial score (nSPS) is 11.7. The van der Waals surface area contributed by atoms with Gasteiger partial charge in [-0.3, -0.25) is 0 Å². The summed E-state index contributed by atoms with van der Waals surface area (Å²) in [5.74, 6) is 2.11. The van der Waals surface area contributed by atoms with Crippen LogP contribution in [-0.4, -0.2) is 38.3 Å². The van der Waals surface area contributed by atoms with Gasteiger partial charge in [0, 0.05) is 26.0 Å². The van der Waals surface area contributed by atoms with Crippen molar-refractivity contribution in [3.63, 3.8) is 0 Å². The van der Waals surface area contributed by atoms with E-state index < -0.39 is 0 Å². The van der Waals surface area contributed by atoms with E-state index in [0.717, 1.165) is 6.54 Å². The molecule has 2 aromatic heterocycles. The van der Waals surface area contributed by atoms with Gasteiger partial charge in [-0.2, -0.15) is 20.1 Å². The zero-order valence-corrected chi connectivity index (χ0v) is 13.3. The van der Waals surface area contributed by atoms with Crippen molar-refractivity contribution in [2.75, 3.05) is 24.2 Å². The Kier molecular flexibility index (Phi) is 4.40. The highest BCUT2D eigenvalue weighted by Gasteiger charge is 2.22. The Morgan fingerprint density at radius 2 is 1.90 bits per heavy atom. The van der Waals surface area contributed by atoms with Crippen LogP contribution >= 0.6 is 0 Å². The predicted molar refractivity (Wildman–Crippen MR) is 83.6 cm³/mol. The van der Waals surface area contributed by atoms with Gasteiger partial charge < -0.3 is 10.6 Å². The molecule has 0 aliphatic carbocycles. The quantitative estimate of drug-likeness (QED) is 0.848. The van der Waals surface area contributed by atoms with E-state index in [-0.39, 0.29) is 5.41 Å². The number of hydrogen-bond donors (Lipinski definition) is 2. The zero-order valence-electron chi connectivity index (χ0n) is 13.3. The maximum Gasteiger partial charge on any atom is 0.257 e. The topological polar surface area (TPSA) is 80.5 Å². The van der Waals surface area contributed by atoms with Crippen molar-refractivity contribution in [2.45, 2.75) is 27.7 Å². The molecule has 0 aromatic carbocycles. The summed E-state index contributed by atoms with van der Waals surface area (Å²) in [4.78, 5) is 13.1. The number of nitrogens with one attached hydrogen (secondary N) is 2. The predicted octanol–water partition coefficient (Wildman–Crippen LogP) is 2.19. The fourth-order valence-corrected chi connectivity index (χ4v) is 1.56. The Morgan fingerprint density at radius 3 is 2.48 bits per heavy atom. The van der Waals surface area contributed by atoms with Crippen LogP contribution in [0.1, 0.15) is 27.7 Å². The van der Waals surface area contributed by atoms with Crippen molar-refractivity contribution in [3.8, 4) is 5.95 Å². The van der Waals surface area contributed by atoms with Crippen LogP contribution in [0.5, 0.6) is 0 Å². The fraction of sp³-hybridized carbons (Fsp3) is 0.571. The third-order valence-electron chi connectivity index (χ3n) is 3.82. The SMILES string of the molecule is CNc1nc(NCC(C)(C)C(C)C)nc(-n2cccn2)n1. The van der Waals surface area contributed by atoms with Gasteiger partial charge in [-0.05, 0) is 17.4 Å². The molecular weight excluding hydrogens is 266 g/mol. The Balaban J connectivity index is 2.22. The first kappa shape index (κ1) is 15.2. The van der Waals surface area contributed by atoms with Gasteiger partial charge in [-0.25, -0.2) is 4.68 Å². The second-order valence-electron chi connectivity index (χ2n) is 5.98. The summed E-state index contributed by atoms with van der Waals surface area (Å²) in [5, 5.41) is 10.4. The molecule has 0 fully saturated rings. The van der Waals surface area contributed by atoms with Crippen molar-refractivity contribution in [2.24, 2.45) is 11.3 Å². The zero-order chi connectivity index (χ0) is 15.5. The van der Waals surface area contributed by atoms with E-state index in [4.69, 9.17) is 0 Å². The minimum Gasteiger partial charge on any atom is -0.357 e. The lowest BCUT2D eigenvalue weighted by molar-refractivity contribution is 0.269. The highest BCUT2D eigenvalue weighted by atomic mass is 15.4. The van der Waals surface area contributed by atoms with Gasteiger partial charge in [0.2, 0.25) is 11.9 Å². The molecule has 7 heteroatoms. The van der Waals surface area contributed by atoms with Gasteiger partial charge in [0.15, 0.2) is 0 Å². The Morgan fingerprint density at radius 1 is 1.19 bits per heavy atom. The molecule has 0 radical (unpaired) electrons. The van der Waals surface area contributed by atoms with E-state index in [0.29, 0.717) is 23.8 Å². The molecule has 0 saturated carbocycles. The third-order valence-corrected chi connectivity index (χ3v) is 3.82. The summed E-state index contributed by atoms with van der Waals surface area (Å²) in [6.07, 6.45) is 3.49. The van der Waals surface area contributed by atoms with E-state index in [2.05, 4.69) is 58.4 Å². The first-order chi connectivity index (χ1) is 9.92. The summed E-state index contributed by atoms with van der Waals surface area (Å²) in [6.45, 7) is 9.65. The van der Waals surface area contributed by atoms with Crippen LogP contribution < -0.4 is 10.6 Å². The van der Waals surface area contributed by atoms with Gasteiger partial charge >= 0.3 is 0 Å². The Bertz CT molecular complexity index is 575. The van der Waals surface area contributed by atoms with Crippen molar-refractivity contribution in [1.29, 1.82) is 0 Å². The van der Waals surface area contributed by atoms with Gasteiger partial charge in [0.1, 0.15) is 0 Å². The lowest BCUT2D eigenvalue weighted by atomic mass is 9.81. The molecule has 0 spiro atoms. The molecule has 114 valence electrons. The molecule has 0 atom stereocenters. The molecule has 7 nitrogen and oxygen atoms in total. The van der Waals surface area contributed by atoms with Crippen LogP contribution in [0.3, 0.4) is 0 Å².